The standard InChI is InChI=1S/C27H27N5O5/c1-26(2,3)37-25(34)32(23-11-14-35-30-23)17-21-16-31(24(33)36-21)20-8-5-18(6-9-20)19-7-10-22(29-15-19)27(28-4)12-13-27/h5-11,14-15,21H,12-13,16-17H2,1-3H3/t21-/m1/s1. The van der Waals surface area contributed by atoms with Gasteiger partial charge in [0, 0.05) is 36.4 Å². The second-order valence-electron chi connectivity index (χ2n) is 10.2. The molecular formula is C27H27N5O5. The minimum Gasteiger partial charge on any atom is -0.443 e. The quantitative estimate of drug-likeness (QED) is 0.416. The van der Waals surface area contributed by atoms with Crippen LogP contribution in [0.2, 0.25) is 0 Å². The fourth-order valence-corrected chi connectivity index (χ4v) is 4.17. The van der Waals surface area contributed by atoms with Gasteiger partial charge < -0.3 is 18.8 Å². The van der Waals surface area contributed by atoms with Crippen LogP contribution >= 0.6 is 0 Å². The molecule has 10 heteroatoms. The molecule has 1 aliphatic heterocycles. The van der Waals surface area contributed by atoms with Crippen LogP contribution in [0, 0.1) is 6.57 Å². The van der Waals surface area contributed by atoms with Crippen molar-refractivity contribution in [1.82, 2.24) is 10.1 Å². The normalized spacial score (nSPS) is 18.2. The molecule has 10 nitrogen and oxygen atoms in total. The number of amides is 2. The molecule has 2 fully saturated rings. The largest absolute Gasteiger partial charge is 0.443 e. The third-order valence-corrected chi connectivity index (χ3v) is 6.27. The average Bonchev–Trinajstić information content (AvgIpc) is 3.30. The molecule has 2 amide bonds. The number of benzene rings is 1. The van der Waals surface area contributed by atoms with E-state index in [-0.39, 0.29) is 18.9 Å². The number of carbonyl (C=O) groups excluding carboxylic acids is 2. The number of cyclic esters (lactones) is 1. The van der Waals surface area contributed by atoms with Crippen molar-refractivity contribution < 1.29 is 23.6 Å². The third-order valence-electron chi connectivity index (χ3n) is 6.27. The number of ether oxygens (including phenoxy) is 2. The van der Waals surface area contributed by atoms with Gasteiger partial charge in [-0.05, 0) is 44.5 Å². The van der Waals surface area contributed by atoms with Gasteiger partial charge in [0.15, 0.2) is 5.82 Å². The lowest BCUT2D eigenvalue weighted by molar-refractivity contribution is 0.0556. The van der Waals surface area contributed by atoms with Gasteiger partial charge in [-0.3, -0.25) is 14.8 Å². The Balaban J connectivity index is 1.26. The van der Waals surface area contributed by atoms with Crippen molar-refractivity contribution in [3.63, 3.8) is 0 Å². The molecule has 37 heavy (non-hydrogen) atoms. The molecule has 0 bridgehead atoms. The van der Waals surface area contributed by atoms with E-state index in [9.17, 15) is 9.59 Å². The molecule has 0 unspecified atom stereocenters. The Morgan fingerprint density at radius 3 is 2.49 bits per heavy atom. The van der Waals surface area contributed by atoms with Crippen molar-refractivity contribution in [3.05, 3.63) is 72.0 Å². The predicted molar refractivity (Wildman–Crippen MR) is 135 cm³/mol. The van der Waals surface area contributed by atoms with Crippen LogP contribution in [0.4, 0.5) is 21.1 Å². The molecule has 3 heterocycles. The summed E-state index contributed by atoms with van der Waals surface area (Å²) >= 11 is 0. The van der Waals surface area contributed by atoms with Crippen LogP contribution in [0.3, 0.4) is 0 Å². The van der Waals surface area contributed by atoms with E-state index >= 15 is 0 Å². The Morgan fingerprint density at radius 1 is 1.19 bits per heavy atom. The van der Waals surface area contributed by atoms with Crippen LogP contribution < -0.4 is 9.80 Å². The maximum atomic E-state index is 12.8. The van der Waals surface area contributed by atoms with E-state index in [0.717, 1.165) is 29.7 Å². The van der Waals surface area contributed by atoms with Crippen molar-refractivity contribution >= 4 is 23.7 Å². The molecule has 0 spiro atoms. The van der Waals surface area contributed by atoms with Crippen molar-refractivity contribution in [2.24, 2.45) is 0 Å². The van der Waals surface area contributed by atoms with E-state index in [0.29, 0.717) is 5.69 Å². The molecule has 190 valence electrons. The molecule has 1 aliphatic carbocycles. The fraction of sp³-hybridized carbons (Fsp3) is 0.370. The molecule has 3 aromatic rings. The molecule has 1 atom stereocenters. The summed E-state index contributed by atoms with van der Waals surface area (Å²) in [5.74, 6) is 0.275. The van der Waals surface area contributed by atoms with E-state index in [4.69, 9.17) is 20.6 Å². The number of anilines is 2. The lowest BCUT2D eigenvalue weighted by Gasteiger charge is -2.26. The first-order chi connectivity index (χ1) is 17.7. The minimum atomic E-state index is -0.703. The highest BCUT2D eigenvalue weighted by Crippen LogP contribution is 2.48. The Kier molecular flexibility index (Phi) is 6.07. The average molecular weight is 502 g/mol. The number of nitrogens with zero attached hydrogens (tertiary/aromatic N) is 5. The van der Waals surface area contributed by atoms with E-state index in [1.807, 2.05) is 36.4 Å². The molecule has 2 aliphatic rings. The number of rotatable bonds is 6. The Labute approximate surface area is 214 Å². The maximum absolute atomic E-state index is 12.8. The molecule has 1 aromatic carbocycles. The van der Waals surface area contributed by atoms with Gasteiger partial charge in [0.1, 0.15) is 23.7 Å². The zero-order valence-corrected chi connectivity index (χ0v) is 20.9. The Hall–Kier alpha value is -4.39. The zero-order valence-electron chi connectivity index (χ0n) is 20.9. The summed E-state index contributed by atoms with van der Waals surface area (Å²) in [7, 11) is 0. The molecule has 5 rings (SSSR count). The van der Waals surface area contributed by atoms with E-state index < -0.39 is 29.4 Å². The Morgan fingerprint density at radius 2 is 1.92 bits per heavy atom. The first-order valence-electron chi connectivity index (χ1n) is 12.0. The smallest absolute Gasteiger partial charge is 0.416 e. The van der Waals surface area contributed by atoms with Gasteiger partial charge in [-0.1, -0.05) is 23.4 Å². The fourth-order valence-electron chi connectivity index (χ4n) is 4.17. The van der Waals surface area contributed by atoms with Crippen LogP contribution in [0.1, 0.15) is 39.3 Å². The van der Waals surface area contributed by atoms with Crippen LogP contribution in [0.5, 0.6) is 0 Å². The van der Waals surface area contributed by atoms with Crippen molar-refractivity contribution in [2.45, 2.75) is 50.9 Å². The zero-order chi connectivity index (χ0) is 26.2. The lowest BCUT2D eigenvalue weighted by Crippen LogP contribution is -2.42. The number of hydrogen-bond donors (Lipinski definition) is 0. The summed E-state index contributed by atoms with van der Waals surface area (Å²) in [6.45, 7) is 13.0. The van der Waals surface area contributed by atoms with Crippen LogP contribution in [-0.4, -0.2) is 47.1 Å². The molecule has 1 saturated heterocycles. The van der Waals surface area contributed by atoms with Gasteiger partial charge in [0.05, 0.1) is 13.1 Å². The number of pyridine rings is 1. The SMILES string of the molecule is [C-]#[N+]C1(c2ccc(-c3ccc(N4C[C@H](CN(C(=O)OC(C)(C)C)c5ccon5)OC4=O)cc3)cn2)CC1. The topological polar surface area (TPSA) is 102 Å². The minimum absolute atomic E-state index is 0.0614. The summed E-state index contributed by atoms with van der Waals surface area (Å²) in [5.41, 5.74) is 2.24. The highest BCUT2D eigenvalue weighted by molar-refractivity contribution is 5.91. The number of aromatic nitrogens is 2. The van der Waals surface area contributed by atoms with Crippen LogP contribution in [0.25, 0.3) is 16.0 Å². The van der Waals surface area contributed by atoms with Gasteiger partial charge >= 0.3 is 12.2 Å². The lowest BCUT2D eigenvalue weighted by atomic mass is 10.1. The van der Waals surface area contributed by atoms with Gasteiger partial charge in [-0.2, -0.15) is 0 Å². The summed E-state index contributed by atoms with van der Waals surface area (Å²) in [5, 5.41) is 3.85. The van der Waals surface area contributed by atoms with Gasteiger partial charge in [-0.25, -0.2) is 16.2 Å². The molecule has 0 N–H and O–H groups in total. The second kappa shape index (κ2) is 9.24. The van der Waals surface area contributed by atoms with Gasteiger partial charge in [0.25, 0.3) is 5.54 Å². The highest BCUT2D eigenvalue weighted by Gasteiger charge is 2.53. The van der Waals surface area contributed by atoms with E-state index in [1.165, 1.54) is 16.1 Å². The Bertz CT molecular complexity index is 1320. The highest BCUT2D eigenvalue weighted by atomic mass is 16.6. The molecular weight excluding hydrogens is 474 g/mol. The van der Waals surface area contributed by atoms with E-state index in [2.05, 4.69) is 15.0 Å². The summed E-state index contributed by atoms with van der Waals surface area (Å²) in [6.07, 6.45) is 3.16. The van der Waals surface area contributed by atoms with Crippen LogP contribution in [-0.2, 0) is 15.0 Å². The predicted octanol–water partition coefficient (Wildman–Crippen LogP) is 5.41. The molecule has 2 aromatic heterocycles. The molecule has 0 radical (unpaired) electrons. The summed E-state index contributed by atoms with van der Waals surface area (Å²) in [6, 6.07) is 13.0. The maximum Gasteiger partial charge on any atom is 0.416 e. The van der Waals surface area contributed by atoms with Gasteiger partial charge in [0.2, 0.25) is 0 Å². The summed E-state index contributed by atoms with van der Waals surface area (Å²) < 4.78 is 15.9. The number of hydrogen-bond acceptors (Lipinski definition) is 7. The van der Waals surface area contributed by atoms with Crippen molar-refractivity contribution in [2.75, 3.05) is 22.9 Å². The van der Waals surface area contributed by atoms with Crippen LogP contribution in [0.15, 0.2) is 59.4 Å². The molecule has 1 saturated carbocycles. The monoisotopic (exact) mass is 501 g/mol. The third kappa shape index (κ3) is 5.11. The first-order valence-corrected chi connectivity index (χ1v) is 12.0. The first kappa shape index (κ1) is 24.3. The van der Waals surface area contributed by atoms with Gasteiger partial charge in [-0.15, -0.1) is 0 Å². The van der Waals surface area contributed by atoms with E-state index in [1.54, 1.807) is 33.0 Å². The van der Waals surface area contributed by atoms with Crippen molar-refractivity contribution in [1.29, 1.82) is 0 Å². The number of carbonyl (C=O) groups is 2. The second-order valence-corrected chi connectivity index (χ2v) is 10.2. The summed E-state index contributed by atoms with van der Waals surface area (Å²) in [4.78, 5) is 36.5. The van der Waals surface area contributed by atoms with Crippen molar-refractivity contribution in [3.8, 4) is 11.1 Å².